The first kappa shape index (κ1) is 10.8. The van der Waals surface area contributed by atoms with Crippen LogP contribution in [-0.4, -0.2) is 0 Å². The summed E-state index contributed by atoms with van der Waals surface area (Å²) in [7, 11) is 0. The molecule has 0 radical (unpaired) electrons. The molecular formula is C13H11F2N. The smallest absolute Gasteiger partial charge is 0.133 e. The summed E-state index contributed by atoms with van der Waals surface area (Å²) in [4.78, 5) is 0. The Bertz CT molecular complexity index is 492. The van der Waals surface area contributed by atoms with E-state index < -0.39 is 11.6 Å². The largest absolute Gasteiger partial charge is 0.326 e. The van der Waals surface area contributed by atoms with Crippen LogP contribution < -0.4 is 5.73 Å². The fraction of sp³-hybridized carbons (Fsp3) is 0.0769. The van der Waals surface area contributed by atoms with Crippen molar-refractivity contribution in [3.63, 3.8) is 0 Å². The topological polar surface area (TPSA) is 26.0 Å². The fourth-order valence-electron chi connectivity index (χ4n) is 1.54. The van der Waals surface area contributed by atoms with Crippen LogP contribution in [0, 0.1) is 11.6 Å². The summed E-state index contributed by atoms with van der Waals surface area (Å²) in [5.74, 6) is -1.12. The molecule has 3 heteroatoms. The lowest BCUT2D eigenvalue weighted by Gasteiger charge is -2.04. The summed E-state index contributed by atoms with van der Waals surface area (Å²) in [5, 5.41) is 0. The van der Waals surface area contributed by atoms with Crippen LogP contribution in [0.3, 0.4) is 0 Å². The predicted molar refractivity (Wildman–Crippen MR) is 59.7 cm³/mol. The standard InChI is InChI=1S/C13H11F2N/c14-11-5-6-12(13(15)7-11)10-3-1-9(8-16)2-4-10/h1-7H,8,16H2. The van der Waals surface area contributed by atoms with Crippen LogP contribution in [-0.2, 0) is 6.54 Å². The highest BCUT2D eigenvalue weighted by Gasteiger charge is 2.05. The molecule has 1 nitrogen and oxygen atoms in total. The van der Waals surface area contributed by atoms with Crippen LogP contribution in [0.15, 0.2) is 42.5 Å². The van der Waals surface area contributed by atoms with Crippen LogP contribution in [0.5, 0.6) is 0 Å². The van der Waals surface area contributed by atoms with Gasteiger partial charge in [0, 0.05) is 18.2 Å². The molecule has 0 aromatic heterocycles. The van der Waals surface area contributed by atoms with E-state index in [-0.39, 0.29) is 0 Å². The van der Waals surface area contributed by atoms with E-state index in [2.05, 4.69) is 0 Å². The van der Waals surface area contributed by atoms with Gasteiger partial charge in [0.1, 0.15) is 11.6 Å². The van der Waals surface area contributed by atoms with Gasteiger partial charge >= 0.3 is 0 Å². The van der Waals surface area contributed by atoms with E-state index in [4.69, 9.17) is 5.73 Å². The summed E-state index contributed by atoms with van der Waals surface area (Å²) >= 11 is 0. The molecule has 16 heavy (non-hydrogen) atoms. The minimum atomic E-state index is -0.570. The van der Waals surface area contributed by atoms with Crippen molar-refractivity contribution in [2.24, 2.45) is 5.73 Å². The lowest BCUT2D eigenvalue weighted by atomic mass is 10.0. The highest BCUT2D eigenvalue weighted by atomic mass is 19.1. The van der Waals surface area contributed by atoms with E-state index in [1.54, 1.807) is 12.1 Å². The first-order valence-electron chi connectivity index (χ1n) is 4.95. The number of benzene rings is 2. The van der Waals surface area contributed by atoms with E-state index in [1.807, 2.05) is 12.1 Å². The normalized spacial score (nSPS) is 10.4. The maximum absolute atomic E-state index is 13.5. The predicted octanol–water partition coefficient (Wildman–Crippen LogP) is 3.09. The fourth-order valence-corrected chi connectivity index (χ4v) is 1.54. The van der Waals surface area contributed by atoms with E-state index in [0.717, 1.165) is 17.2 Å². The van der Waals surface area contributed by atoms with Gasteiger partial charge in [-0.05, 0) is 23.3 Å². The van der Waals surface area contributed by atoms with Crippen molar-refractivity contribution in [3.8, 4) is 11.1 Å². The molecule has 0 saturated heterocycles. The van der Waals surface area contributed by atoms with Gasteiger partial charge in [0.05, 0.1) is 0 Å². The highest BCUT2D eigenvalue weighted by Crippen LogP contribution is 2.23. The van der Waals surface area contributed by atoms with Crippen LogP contribution in [0.1, 0.15) is 5.56 Å². The summed E-state index contributed by atoms with van der Waals surface area (Å²) in [6.45, 7) is 0.451. The second-order valence-corrected chi connectivity index (χ2v) is 3.53. The molecule has 82 valence electrons. The minimum Gasteiger partial charge on any atom is -0.326 e. The van der Waals surface area contributed by atoms with Gasteiger partial charge in [0.2, 0.25) is 0 Å². The molecule has 0 aliphatic rings. The van der Waals surface area contributed by atoms with Gasteiger partial charge in [0.25, 0.3) is 0 Å². The Balaban J connectivity index is 2.42. The Labute approximate surface area is 92.5 Å². The summed E-state index contributed by atoms with van der Waals surface area (Å²) in [6, 6.07) is 10.8. The lowest BCUT2D eigenvalue weighted by Crippen LogP contribution is -1.95. The van der Waals surface area contributed by atoms with Crippen LogP contribution in [0.4, 0.5) is 8.78 Å². The van der Waals surface area contributed by atoms with E-state index in [0.29, 0.717) is 12.1 Å². The number of hydrogen-bond donors (Lipinski definition) is 1. The lowest BCUT2D eigenvalue weighted by molar-refractivity contribution is 0.585. The Morgan fingerprint density at radius 1 is 0.938 bits per heavy atom. The SMILES string of the molecule is NCc1ccc(-c2ccc(F)cc2F)cc1. The van der Waals surface area contributed by atoms with Crippen molar-refractivity contribution in [1.82, 2.24) is 0 Å². The third kappa shape index (κ3) is 2.09. The number of nitrogens with two attached hydrogens (primary N) is 1. The second-order valence-electron chi connectivity index (χ2n) is 3.53. The van der Waals surface area contributed by atoms with Crippen molar-refractivity contribution < 1.29 is 8.78 Å². The molecule has 0 atom stereocenters. The molecule has 0 fully saturated rings. The van der Waals surface area contributed by atoms with Gasteiger partial charge in [-0.1, -0.05) is 24.3 Å². The average Bonchev–Trinajstić information content (AvgIpc) is 2.29. The molecular weight excluding hydrogens is 208 g/mol. The monoisotopic (exact) mass is 219 g/mol. The van der Waals surface area contributed by atoms with Gasteiger partial charge in [-0.3, -0.25) is 0 Å². The Kier molecular flexibility index (Phi) is 2.97. The molecule has 0 bridgehead atoms. The van der Waals surface area contributed by atoms with Gasteiger partial charge < -0.3 is 5.73 Å². The molecule has 0 aliphatic carbocycles. The van der Waals surface area contributed by atoms with Crippen molar-refractivity contribution in [3.05, 3.63) is 59.7 Å². The van der Waals surface area contributed by atoms with E-state index >= 15 is 0 Å². The third-order valence-electron chi connectivity index (χ3n) is 2.43. The summed E-state index contributed by atoms with van der Waals surface area (Å²) < 4.78 is 26.2. The van der Waals surface area contributed by atoms with E-state index in [1.165, 1.54) is 12.1 Å². The zero-order chi connectivity index (χ0) is 11.5. The molecule has 0 heterocycles. The number of hydrogen-bond acceptors (Lipinski definition) is 1. The quantitative estimate of drug-likeness (QED) is 0.825. The molecule has 0 amide bonds. The number of rotatable bonds is 2. The van der Waals surface area contributed by atoms with Crippen LogP contribution in [0.2, 0.25) is 0 Å². The molecule has 2 aromatic rings. The maximum atomic E-state index is 13.5. The Hall–Kier alpha value is -1.74. The molecule has 2 N–H and O–H groups in total. The molecule has 2 aromatic carbocycles. The Morgan fingerprint density at radius 2 is 1.62 bits per heavy atom. The van der Waals surface area contributed by atoms with Gasteiger partial charge in [0.15, 0.2) is 0 Å². The van der Waals surface area contributed by atoms with Crippen molar-refractivity contribution in [2.45, 2.75) is 6.54 Å². The maximum Gasteiger partial charge on any atom is 0.133 e. The zero-order valence-electron chi connectivity index (χ0n) is 8.58. The first-order chi connectivity index (χ1) is 7.70. The summed E-state index contributed by atoms with van der Waals surface area (Å²) in [5.41, 5.74) is 7.55. The second kappa shape index (κ2) is 4.41. The van der Waals surface area contributed by atoms with Crippen molar-refractivity contribution >= 4 is 0 Å². The molecule has 2 rings (SSSR count). The van der Waals surface area contributed by atoms with E-state index in [9.17, 15) is 8.78 Å². The van der Waals surface area contributed by atoms with Crippen LogP contribution >= 0.6 is 0 Å². The van der Waals surface area contributed by atoms with Gasteiger partial charge in [-0.25, -0.2) is 8.78 Å². The molecule has 0 spiro atoms. The molecule has 0 saturated carbocycles. The average molecular weight is 219 g/mol. The minimum absolute atomic E-state index is 0.393. The van der Waals surface area contributed by atoms with Crippen molar-refractivity contribution in [1.29, 1.82) is 0 Å². The highest BCUT2D eigenvalue weighted by molar-refractivity contribution is 5.64. The van der Waals surface area contributed by atoms with Gasteiger partial charge in [-0.2, -0.15) is 0 Å². The summed E-state index contributed by atoms with van der Waals surface area (Å²) in [6.07, 6.45) is 0. The van der Waals surface area contributed by atoms with Crippen LogP contribution in [0.25, 0.3) is 11.1 Å². The van der Waals surface area contributed by atoms with Crippen molar-refractivity contribution in [2.75, 3.05) is 0 Å². The third-order valence-corrected chi connectivity index (χ3v) is 2.43. The molecule has 0 aliphatic heterocycles. The molecule has 0 unspecified atom stereocenters. The Morgan fingerprint density at radius 3 is 2.19 bits per heavy atom. The first-order valence-corrected chi connectivity index (χ1v) is 4.95. The zero-order valence-corrected chi connectivity index (χ0v) is 8.58. The van der Waals surface area contributed by atoms with Gasteiger partial charge in [-0.15, -0.1) is 0 Å². The number of halogens is 2.